The van der Waals surface area contributed by atoms with Crippen LogP contribution in [-0.2, 0) is 19.1 Å². The number of rotatable bonds is 7. The number of allylic oxidation sites excluding steroid dienone is 1. The van der Waals surface area contributed by atoms with Crippen LogP contribution >= 0.6 is 11.3 Å². The Bertz CT molecular complexity index is 1360. The molecule has 0 radical (unpaired) electrons. The summed E-state index contributed by atoms with van der Waals surface area (Å²) in [6, 6.07) is 14.6. The summed E-state index contributed by atoms with van der Waals surface area (Å²) in [4.78, 5) is 35.7. The third-order valence-corrected chi connectivity index (χ3v) is 6.95. The molecule has 1 aliphatic rings. The van der Waals surface area contributed by atoms with Gasteiger partial charge in [0.25, 0.3) is 0 Å². The van der Waals surface area contributed by atoms with E-state index in [2.05, 4.69) is 4.99 Å². The van der Waals surface area contributed by atoms with Crippen LogP contribution in [0, 0.1) is 5.92 Å². The summed E-state index contributed by atoms with van der Waals surface area (Å²) in [6.07, 6.45) is 0. The Balaban J connectivity index is 1.88. The first-order chi connectivity index (χ1) is 17.4. The van der Waals surface area contributed by atoms with Crippen LogP contribution in [0.15, 0.2) is 70.2 Å². The highest BCUT2D eigenvalue weighted by Gasteiger charge is 2.43. The Morgan fingerprint density at radius 3 is 2.33 bits per heavy atom. The van der Waals surface area contributed by atoms with Crippen molar-refractivity contribution in [2.45, 2.75) is 33.6 Å². The third kappa shape index (κ3) is 4.81. The lowest BCUT2D eigenvalue weighted by Crippen LogP contribution is -2.36. The highest BCUT2D eigenvalue weighted by Crippen LogP contribution is 2.44. The van der Waals surface area contributed by atoms with Crippen molar-refractivity contribution < 1.29 is 24.2 Å². The number of carbonyl (C=O) groups is 2. The molecular formula is C28H28N2O5S. The van der Waals surface area contributed by atoms with Gasteiger partial charge in [0.1, 0.15) is 16.7 Å². The minimum atomic E-state index is -0.785. The molecule has 186 valence electrons. The molecule has 2 atom stereocenters. The number of ether oxygens (including phenoxy) is 2. The van der Waals surface area contributed by atoms with Gasteiger partial charge in [0, 0.05) is 33.8 Å². The molecule has 0 bridgehead atoms. The van der Waals surface area contributed by atoms with Crippen LogP contribution in [0.5, 0.6) is 5.75 Å². The lowest BCUT2D eigenvalue weighted by molar-refractivity contribution is -0.146. The summed E-state index contributed by atoms with van der Waals surface area (Å²) in [5, 5.41) is 12.9. The maximum atomic E-state index is 13.2. The number of phenolic OH excluding ortho intramolecular Hbond substituents is 1. The molecule has 36 heavy (non-hydrogen) atoms. The number of hydrogen-bond acceptors (Lipinski definition) is 8. The Hall–Kier alpha value is -3.78. The van der Waals surface area contributed by atoms with Gasteiger partial charge in [-0.3, -0.25) is 9.79 Å². The maximum Gasteiger partial charge on any atom is 0.336 e. The molecule has 2 aromatic carbocycles. The van der Waals surface area contributed by atoms with Crippen LogP contribution in [0.2, 0.25) is 0 Å². The number of para-hydroxylation sites is 1. The molecule has 1 aromatic heterocycles. The first-order valence-corrected chi connectivity index (χ1v) is 12.7. The van der Waals surface area contributed by atoms with Gasteiger partial charge in [0.05, 0.1) is 24.5 Å². The number of thiazole rings is 1. The summed E-state index contributed by atoms with van der Waals surface area (Å²) >= 11 is 1.42. The molecule has 0 aliphatic carbocycles. The second kappa shape index (κ2) is 10.9. The molecular weight excluding hydrogens is 476 g/mol. The molecule has 2 heterocycles. The van der Waals surface area contributed by atoms with E-state index in [9.17, 15) is 14.7 Å². The lowest BCUT2D eigenvalue weighted by Gasteiger charge is -2.32. The van der Waals surface area contributed by atoms with Crippen LogP contribution in [0.25, 0.3) is 21.8 Å². The second-order valence-corrected chi connectivity index (χ2v) is 9.18. The molecule has 7 nitrogen and oxygen atoms in total. The molecule has 1 aliphatic heterocycles. The molecule has 0 fully saturated rings. The van der Waals surface area contributed by atoms with Gasteiger partial charge in [-0.1, -0.05) is 36.4 Å². The number of hydrogen-bond donors (Lipinski definition) is 1. The summed E-state index contributed by atoms with van der Waals surface area (Å²) in [5.41, 5.74) is 4.24. The van der Waals surface area contributed by atoms with Crippen molar-refractivity contribution in [3.05, 3.63) is 70.7 Å². The van der Waals surface area contributed by atoms with Crippen molar-refractivity contribution in [2.75, 3.05) is 13.2 Å². The predicted octanol–water partition coefficient (Wildman–Crippen LogP) is 5.76. The Morgan fingerprint density at radius 1 is 0.972 bits per heavy atom. The topological polar surface area (TPSA) is 98.1 Å². The van der Waals surface area contributed by atoms with Crippen LogP contribution in [0.1, 0.15) is 39.2 Å². The number of aliphatic imine (C=N–C) groups is 1. The Labute approximate surface area is 214 Å². The van der Waals surface area contributed by atoms with Gasteiger partial charge in [0.2, 0.25) is 0 Å². The van der Waals surface area contributed by atoms with Crippen molar-refractivity contribution in [2.24, 2.45) is 10.9 Å². The van der Waals surface area contributed by atoms with Crippen LogP contribution < -0.4 is 0 Å². The summed E-state index contributed by atoms with van der Waals surface area (Å²) in [6.45, 7) is 7.44. The van der Waals surface area contributed by atoms with E-state index in [-0.39, 0.29) is 19.0 Å². The van der Waals surface area contributed by atoms with E-state index < -0.39 is 23.8 Å². The smallest absolute Gasteiger partial charge is 0.336 e. The molecule has 2 unspecified atom stereocenters. The molecule has 0 spiro atoms. The van der Waals surface area contributed by atoms with E-state index in [1.165, 1.54) is 11.3 Å². The molecule has 0 saturated heterocycles. The number of phenols is 1. The number of carbonyl (C=O) groups excluding carboxylic acids is 2. The quantitative estimate of drug-likeness (QED) is 0.411. The van der Waals surface area contributed by atoms with Crippen LogP contribution in [-0.4, -0.2) is 41.0 Å². The highest BCUT2D eigenvalue weighted by molar-refractivity contribution is 7.13. The highest BCUT2D eigenvalue weighted by atomic mass is 32.1. The first kappa shape index (κ1) is 25.3. The summed E-state index contributed by atoms with van der Waals surface area (Å²) in [5.74, 6) is -2.25. The van der Waals surface area contributed by atoms with Gasteiger partial charge in [-0.25, -0.2) is 9.78 Å². The summed E-state index contributed by atoms with van der Waals surface area (Å²) in [7, 11) is 0. The van der Waals surface area contributed by atoms with Crippen molar-refractivity contribution in [1.82, 2.24) is 4.98 Å². The SMILES string of the molecule is CCOC(=O)C1=C(C)N=C(C)C(C(=O)OCC)C1c1ccccc1-c1nc(-c2ccccc2O)cs1. The minimum absolute atomic E-state index is 0.146. The van der Waals surface area contributed by atoms with Gasteiger partial charge in [0.15, 0.2) is 0 Å². The number of aromatic nitrogens is 1. The zero-order valence-corrected chi connectivity index (χ0v) is 21.5. The molecule has 3 aromatic rings. The fourth-order valence-corrected chi connectivity index (χ4v) is 5.43. The van der Waals surface area contributed by atoms with Crippen molar-refractivity contribution in [3.63, 3.8) is 0 Å². The fraction of sp³-hybridized carbons (Fsp3) is 0.286. The van der Waals surface area contributed by atoms with Crippen molar-refractivity contribution in [1.29, 1.82) is 0 Å². The Kier molecular flexibility index (Phi) is 7.64. The zero-order chi connectivity index (χ0) is 25.8. The number of esters is 2. The summed E-state index contributed by atoms with van der Waals surface area (Å²) < 4.78 is 10.8. The zero-order valence-electron chi connectivity index (χ0n) is 20.6. The van der Waals surface area contributed by atoms with E-state index in [1.54, 1.807) is 39.8 Å². The largest absolute Gasteiger partial charge is 0.507 e. The average Bonchev–Trinajstić information content (AvgIpc) is 3.34. The van der Waals surface area contributed by atoms with Crippen LogP contribution in [0.4, 0.5) is 0 Å². The monoisotopic (exact) mass is 504 g/mol. The van der Waals surface area contributed by atoms with E-state index >= 15 is 0 Å². The predicted molar refractivity (Wildman–Crippen MR) is 140 cm³/mol. The molecule has 1 N–H and O–H groups in total. The standard InChI is InChI=1S/C28H28N2O5S/c1-5-34-27(32)23-16(3)29-17(4)24(28(33)35-6-2)25(23)18-11-7-8-12-19(18)26-30-21(15-36-26)20-13-9-10-14-22(20)31/h7-15,23,25,31H,5-6H2,1-4H3. The number of benzene rings is 2. The Morgan fingerprint density at radius 2 is 1.64 bits per heavy atom. The van der Waals surface area contributed by atoms with Crippen molar-refractivity contribution >= 4 is 29.0 Å². The van der Waals surface area contributed by atoms with E-state index in [4.69, 9.17) is 14.5 Å². The van der Waals surface area contributed by atoms with Gasteiger partial charge < -0.3 is 14.6 Å². The third-order valence-electron chi connectivity index (χ3n) is 6.07. The van der Waals surface area contributed by atoms with E-state index in [1.807, 2.05) is 41.8 Å². The van der Waals surface area contributed by atoms with E-state index in [0.717, 1.165) is 11.1 Å². The molecule has 0 amide bonds. The van der Waals surface area contributed by atoms with Crippen molar-refractivity contribution in [3.8, 4) is 27.6 Å². The normalized spacial score (nSPS) is 17.5. The van der Waals surface area contributed by atoms with Gasteiger partial charge in [-0.15, -0.1) is 11.3 Å². The van der Waals surface area contributed by atoms with Crippen LogP contribution in [0.3, 0.4) is 0 Å². The molecule has 0 saturated carbocycles. The maximum absolute atomic E-state index is 13.2. The second-order valence-electron chi connectivity index (χ2n) is 8.32. The van der Waals surface area contributed by atoms with Gasteiger partial charge >= 0.3 is 11.9 Å². The fourth-order valence-electron chi connectivity index (χ4n) is 4.56. The van der Waals surface area contributed by atoms with Gasteiger partial charge in [-0.05, 0) is 45.4 Å². The average molecular weight is 505 g/mol. The first-order valence-electron chi connectivity index (χ1n) is 11.8. The van der Waals surface area contributed by atoms with E-state index in [0.29, 0.717) is 33.2 Å². The lowest BCUT2D eigenvalue weighted by atomic mass is 9.74. The van der Waals surface area contributed by atoms with Gasteiger partial charge in [-0.2, -0.15) is 0 Å². The molecule has 4 rings (SSSR count). The minimum Gasteiger partial charge on any atom is -0.507 e. The number of nitrogens with zero attached hydrogens (tertiary/aromatic N) is 2. The molecule has 8 heteroatoms. The number of aromatic hydroxyl groups is 1.